The second kappa shape index (κ2) is 6.56. The molecule has 0 radical (unpaired) electrons. The van der Waals surface area contributed by atoms with Gasteiger partial charge < -0.3 is 5.32 Å². The zero-order chi connectivity index (χ0) is 14.9. The first-order valence-corrected chi connectivity index (χ1v) is 8.37. The van der Waals surface area contributed by atoms with E-state index in [1.165, 1.54) is 16.5 Å². The molecular weight excluding hydrogens is 361 g/mol. The van der Waals surface area contributed by atoms with Crippen LogP contribution in [0.5, 0.6) is 0 Å². The molecule has 1 nitrogen and oxygen atoms in total. The van der Waals surface area contributed by atoms with Crippen LogP contribution in [0.3, 0.4) is 0 Å². The molecule has 1 aromatic heterocycles. The van der Waals surface area contributed by atoms with Gasteiger partial charge in [0.25, 0.3) is 0 Å². The van der Waals surface area contributed by atoms with Crippen molar-refractivity contribution >= 4 is 38.9 Å². The third kappa shape index (κ3) is 3.25. The Morgan fingerprint density at radius 2 is 2.05 bits per heavy atom. The number of hydrogen-bond acceptors (Lipinski definition) is 2. The first kappa shape index (κ1) is 16.0. The van der Waals surface area contributed by atoms with Crippen molar-refractivity contribution in [2.75, 3.05) is 6.54 Å². The van der Waals surface area contributed by atoms with Crippen LogP contribution in [0.25, 0.3) is 0 Å². The highest BCUT2D eigenvalue weighted by Gasteiger charge is 2.21. The van der Waals surface area contributed by atoms with Crippen molar-refractivity contribution in [3.8, 4) is 0 Å². The zero-order valence-corrected chi connectivity index (χ0v) is 14.7. The average molecular weight is 377 g/mol. The molecule has 0 aliphatic heterocycles. The molecule has 0 fully saturated rings. The normalized spacial score (nSPS) is 12.7. The minimum atomic E-state index is -0.254. The van der Waals surface area contributed by atoms with Gasteiger partial charge in [0.2, 0.25) is 0 Å². The van der Waals surface area contributed by atoms with Crippen molar-refractivity contribution in [2.24, 2.45) is 0 Å². The summed E-state index contributed by atoms with van der Waals surface area (Å²) in [7, 11) is 0. The Balaban J connectivity index is 2.50. The minimum absolute atomic E-state index is 0.164. The van der Waals surface area contributed by atoms with Crippen LogP contribution in [0.2, 0.25) is 5.02 Å². The smallest absolute Gasteiger partial charge is 0.129 e. The predicted octanol–water partition coefficient (Wildman–Crippen LogP) is 5.62. The van der Waals surface area contributed by atoms with E-state index >= 15 is 0 Å². The van der Waals surface area contributed by atoms with E-state index in [1.54, 1.807) is 17.4 Å². The molecule has 20 heavy (non-hydrogen) atoms. The molecule has 0 aliphatic rings. The number of benzene rings is 1. The van der Waals surface area contributed by atoms with Crippen LogP contribution in [0.15, 0.2) is 22.7 Å². The Kier molecular flexibility index (Phi) is 5.24. The lowest BCUT2D eigenvalue weighted by Gasteiger charge is -2.18. The summed E-state index contributed by atoms with van der Waals surface area (Å²) < 4.78 is 14.9. The van der Waals surface area contributed by atoms with Gasteiger partial charge in [0.1, 0.15) is 5.82 Å². The highest BCUT2D eigenvalue weighted by molar-refractivity contribution is 9.10. The predicted molar refractivity (Wildman–Crippen MR) is 88.4 cm³/mol. The van der Waals surface area contributed by atoms with Crippen molar-refractivity contribution < 1.29 is 4.39 Å². The molecule has 1 atom stereocenters. The SMILES string of the molecule is CCNC(c1cc(C)c(C)s1)c1cc(Cl)c(Br)cc1F. The van der Waals surface area contributed by atoms with E-state index in [0.29, 0.717) is 15.1 Å². The minimum Gasteiger partial charge on any atom is -0.306 e. The lowest BCUT2D eigenvalue weighted by molar-refractivity contribution is 0.562. The average Bonchev–Trinajstić information content (AvgIpc) is 2.71. The summed E-state index contributed by atoms with van der Waals surface area (Å²) >= 11 is 11.1. The van der Waals surface area contributed by atoms with Crippen molar-refractivity contribution in [3.63, 3.8) is 0 Å². The third-order valence-corrected chi connectivity index (χ3v) is 5.64. The Bertz CT molecular complexity index is 607. The van der Waals surface area contributed by atoms with Gasteiger partial charge in [-0.2, -0.15) is 0 Å². The molecule has 0 bridgehead atoms. The topological polar surface area (TPSA) is 12.0 Å². The molecule has 1 aromatic carbocycles. The Morgan fingerprint density at radius 1 is 1.35 bits per heavy atom. The van der Waals surface area contributed by atoms with Gasteiger partial charge in [-0.05, 0) is 60.1 Å². The van der Waals surface area contributed by atoms with Crippen LogP contribution in [0.1, 0.15) is 33.8 Å². The molecule has 108 valence electrons. The van der Waals surface area contributed by atoms with Gasteiger partial charge in [0, 0.05) is 19.8 Å². The fourth-order valence-electron chi connectivity index (χ4n) is 2.07. The molecule has 1 N–H and O–H groups in total. The summed E-state index contributed by atoms with van der Waals surface area (Å²) in [4.78, 5) is 2.37. The maximum Gasteiger partial charge on any atom is 0.129 e. The molecule has 0 amide bonds. The van der Waals surface area contributed by atoms with Crippen LogP contribution in [0, 0.1) is 19.7 Å². The van der Waals surface area contributed by atoms with Crippen LogP contribution < -0.4 is 5.32 Å². The monoisotopic (exact) mass is 375 g/mol. The first-order valence-electron chi connectivity index (χ1n) is 6.38. The van der Waals surface area contributed by atoms with Gasteiger partial charge in [-0.25, -0.2) is 4.39 Å². The van der Waals surface area contributed by atoms with Gasteiger partial charge in [-0.3, -0.25) is 0 Å². The molecule has 1 unspecified atom stereocenters. The van der Waals surface area contributed by atoms with Gasteiger partial charge in [0.05, 0.1) is 11.1 Å². The first-order chi connectivity index (χ1) is 9.43. The second-order valence-electron chi connectivity index (χ2n) is 4.67. The van der Waals surface area contributed by atoms with E-state index in [2.05, 4.69) is 41.2 Å². The molecular formula is C15H16BrClFNS. The maximum atomic E-state index is 14.3. The third-order valence-electron chi connectivity index (χ3n) is 3.23. The molecule has 0 saturated heterocycles. The van der Waals surface area contributed by atoms with Crippen molar-refractivity contribution in [1.29, 1.82) is 0 Å². The fraction of sp³-hybridized carbons (Fsp3) is 0.333. The molecule has 2 aromatic rings. The van der Waals surface area contributed by atoms with Crippen molar-refractivity contribution in [3.05, 3.63) is 54.4 Å². The fourth-order valence-corrected chi connectivity index (χ4v) is 3.70. The number of hydrogen-bond donors (Lipinski definition) is 1. The van der Waals surface area contributed by atoms with Crippen LogP contribution >= 0.6 is 38.9 Å². The van der Waals surface area contributed by atoms with Gasteiger partial charge >= 0.3 is 0 Å². The number of halogens is 3. The second-order valence-corrected chi connectivity index (χ2v) is 7.22. The van der Waals surface area contributed by atoms with Gasteiger partial charge in [-0.15, -0.1) is 11.3 Å². The van der Waals surface area contributed by atoms with E-state index in [0.717, 1.165) is 11.4 Å². The standard InChI is InChI=1S/C15H16BrClFNS/c1-4-19-15(14-5-8(2)9(3)20-14)10-6-12(17)11(16)7-13(10)18/h5-7,15,19H,4H2,1-3H3. The van der Waals surface area contributed by atoms with E-state index in [9.17, 15) is 4.39 Å². The van der Waals surface area contributed by atoms with Gasteiger partial charge in [0.15, 0.2) is 0 Å². The Hall–Kier alpha value is -0.420. The summed E-state index contributed by atoms with van der Waals surface area (Å²) in [6.07, 6.45) is 0. The summed E-state index contributed by atoms with van der Waals surface area (Å²) in [5.74, 6) is -0.254. The Morgan fingerprint density at radius 3 is 2.60 bits per heavy atom. The van der Waals surface area contributed by atoms with E-state index < -0.39 is 0 Å². The van der Waals surface area contributed by atoms with Crippen LogP contribution in [-0.2, 0) is 0 Å². The summed E-state index contributed by atoms with van der Waals surface area (Å²) in [5, 5.41) is 3.86. The van der Waals surface area contributed by atoms with Crippen LogP contribution in [-0.4, -0.2) is 6.54 Å². The lowest BCUT2D eigenvalue weighted by atomic mass is 10.0. The number of nitrogens with one attached hydrogen (secondary N) is 1. The largest absolute Gasteiger partial charge is 0.306 e. The molecule has 0 saturated carbocycles. The van der Waals surface area contributed by atoms with Crippen molar-refractivity contribution in [2.45, 2.75) is 26.8 Å². The Labute approximate surface area is 136 Å². The highest BCUT2D eigenvalue weighted by Crippen LogP contribution is 2.35. The number of aryl methyl sites for hydroxylation is 2. The number of thiophene rings is 1. The van der Waals surface area contributed by atoms with E-state index in [4.69, 9.17) is 11.6 Å². The summed E-state index contributed by atoms with van der Waals surface area (Å²) in [6.45, 7) is 6.92. The number of rotatable bonds is 4. The molecule has 0 aliphatic carbocycles. The maximum absolute atomic E-state index is 14.3. The van der Waals surface area contributed by atoms with E-state index in [1.807, 2.05) is 6.92 Å². The molecule has 0 spiro atoms. The van der Waals surface area contributed by atoms with Gasteiger partial charge in [-0.1, -0.05) is 18.5 Å². The lowest BCUT2D eigenvalue weighted by Crippen LogP contribution is -2.22. The molecule has 2 rings (SSSR count). The quantitative estimate of drug-likeness (QED) is 0.683. The van der Waals surface area contributed by atoms with Crippen molar-refractivity contribution in [1.82, 2.24) is 5.32 Å². The highest BCUT2D eigenvalue weighted by atomic mass is 79.9. The van der Waals surface area contributed by atoms with Crippen LogP contribution in [0.4, 0.5) is 4.39 Å². The molecule has 5 heteroatoms. The molecule has 1 heterocycles. The summed E-state index contributed by atoms with van der Waals surface area (Å²) in [5.41, 5.74) is 1.82. The summed E-state index contributed by atoms with van der Waals surface area (Å²) in [6, 6.07) is 5.07. The van der Waals surface area contributed by atoms with E-state index in [-0.39, 0.29) is 11.9 Å². The zero-order valence-electron chi connectivity index (χ0n) is 11.6.